The fraction of sp³-hybridized carbons (Fsp3) is 0.407. The molecule has 3 heterocycles. The lowest BCUT2D eigenvalue weighted by atomic mass is 10.0. The largest absolute Gasteiger partial charge is 0.490 e. The summed E-state index contributed by atoms with van der Waals surface area (Å²) >= 11 is 0. The third-order valence-corrected chi connectivity index (χ3v) is 6.71. The molecule has 32 heavy (non-hydrogen) atoms. The summed E-state index contributed by atoms with van der Waals surface area (Å²) < 4.78 is 6.24. The Morgan fingerprint density at radius 1 is 0.906 bits per heavy atom. The molecule has 2 saturated heterocycles. The number of nitrogens with zero attached hydrogens (tertiary/aromatic N) is 3. The van der Waals surface area contributed by atoms with Crippen LogP contribution in [0.25, 0.3) is 10.9 Å². The van der Waals surface area contributed by atoms with Crippen molar-refractivity contribution < 1.29 is 9.53 Å². The Kier molecular flexibility index (Phi) is 6.35. The molecule has 166 valence electrons. The van der Waals surface area contributed by atoms with Gasteiger partial charge in [-0.05, 0) is 74.1 Å². The minimum absolute atomic E-state index is 0.146. The van der Waals surface area contributed by atoms with E-state index in [0.29, 0.717) is 0 Å². The summed E-state index contributed by atoms with van der Waals surface area (Å²) in [7, 11) is 0. The molecule has 5 nitrogen and oxygen atoms in total. The smallest absolute Gasteiger partial charge is 0.253 e. The fourth-order valence-electron chi connectivity index (χ4n) is 4.88. The van der Waals surface area contributed by atoms with E-state index in [-0.39, 0.29) is 12.0 Å². The van der Waals surface area contributed by atoms with Crippen LogP contribution in [0.1, 0.15) is 48.0 Å². The first-order valence-corrected chi connectivity index (χ1v) is 11.9. The van der Waals surface area contributed by atoms with Gasteiger partial charge in [-0.2, -0.15) is 0 Å². The topological polar surface area (TPSA) is 45.7 Å². The van der Waals surface area contributed by atoms with Gasteiger partial charge in [0.05, 0.1) is 5.52 Å². The molecular formula is C27H31N3O2. The number of rotatable bonds is 5. The van der Waals surface area contributed by atoms with Crippen LogP contribution in [-0.2, 0) is 6.54 Å². The minimum atomic E-state index is 0.146. The molecular weight excluding hydrogens is 398 g/mol. The van der Waals surface area contributed by atoms with Crippen molar-refractivity contribution in [3.63, 3.8) is 0 Å². The Labute approximate surface area is 190 Å². The number of amides is 1. The highest BCUT2D eigenvalue weighted by Gasteiger charge is 2.22. The summed E-state index contributed by atoms with van der Waals surface area (Å²) in [4.78, 5) is 21.6. The van der Waals surface area contributed by atoms with E-state index in [1.54, 1.807) is 0 Å². The Morgan fingerprint density at radius 2 is 1.69 bits per heavy atom. The van der Waals surface area contributed by atoms with Crippen LogP contribution in [0.4, 0.5) is 0 Å². The zero-order chi connectivity index (χ0) is 21.8. The van der Waals surface area contributed by atoms with Crippen molar-refractivity contribution in [3.8, 4) is 5.75 Å². The third-order valence-electron chi connectivity index (χ3n) is 6.71. The molecule has 0 bridgehead atoms. The normalized spacial score (nSPS) is 18.1. The van der Waals surface area contributed by atoms with Crippen LogP contribution in [0.15, 0.2) is 60.8 Å². The molecule has 2 aliphatic rings. The Balaban J connectivity index is 1.13. The second-order valence-corrected chi connectivity index (χ2v) is 8.96. The van der Waals surface area contributed by atoms with Crippen LogP contribution in [-0.4, -0.2) is 53.0 Å². The molecule has 2 aliphatic heterocycles. The standard InChI is InChI=1S/C27H31N3O2/c31-27(30-16-2-1-3-17-30)21-9-11-23(12-10-21)32-24-13-18-29(19-14-24)20-22-6-4-8-26-25(22)7-5-15-28-26/h4-12,15,24H,1-3,13-14,16-20H2. The summed E-state index contributed by atoms with van der Waals surface area (Å²) in [5.74, 6) is 1.01. The highest BCUT2D eigenvalue weighted by molar-refractivity contribution is 5.94. The third kappa shape index (κ3) is 4.78. The maximum atomic E-state index is 12.6. The number of aromatic nitrogens is 1. The van der Waals surface area contributed by atoms with Crippen molar-refractivity contribution >= 4 is 16.8 Å². The van der Waals surface area contributed by atoms with Crippen molar-refractivity contribution in [2.45, 2.75) is 44.8 Å². The number of benzene rings is 2. The Hall–Kier alpha value is -2.92. The Bertz CT molecular complexity index is 1050. The number of carbonyl (C=O) groups excluding carboxylic acids is 1. The molecule has 0 atom stereocenters. The number of piperidine rings is 2. The number of likely N-dealkylation sites (tertiary alicyclic amines) is 2. The average molecular weight is 430 g/mol. The van der Waals surface area contributed by atoms with Crippen molar-refractivity contribution in [2.24, 2.45) is 0 Å². The number of carbonyl (C=O) groups is 1. The Morgan fingerprint density at radius 3 is 2.47 bits per heavy atom. The summed E-state index contributed by atoms with van der Waals surface area (Å²) in [6.07, 6.45) is 7.56. The molecule has 0 N–H and O–H groups in total. The van der Waals surface area contributed by atoms with E-state index in [2.05, 4.69) is 34.1 Å². The first-order chi connectivity index (χ1) is 15.8. The van der Waals surface area contributed by atoms with E-state index in [1.807, 2.05) is 41.4 Å². The molecule has 0 aliphatic carbocycles. The number of hydrogen-bond donors (Lipinski definition) is 0. The molecule has 0 radical (unpaired) electrons. The van der Waals surface area contributed by atoms with Gasteiger partial charge in [0.25, 0.3) is 5.91 Å². The van der Waals surface area contributed by atoms with E-state index in [9.17, 15) is 4.79 Å². The maximum Gasteiger partial charge on any atom is 0.253 e. The van der Waals surface area contributed by atoms with Crippen LogP contribution >= 0.6 is 0 Å². The van der Waals surface area contributed by atoms with E-state index in [0.717, 1.165) is 75.2 Å². The zero-order valence-electron chi connectivity index (χ0n) is 18.6. The zero-order valence-corrected chi connectivity index (χ0v) is 18.6. The highest BCUT2D eigenvalue weighted by atomic mass is 16.5. The molecule has 5 rings (SSSR count). The van der Waals surface area contributed by atoms with Crippen LogP contribution < -0.4 is 4.74 Å². The van der Waals surface area contributed by atoms with E-state index >= 15 is 0 Å². The summed E-state index contributed by atoms with van der Waals surface area (Å²) in [6, 6.07) is 18.3. The van der Waals surface area contributed by atoms with Crippen molar-refractivity contribution in [1.29, 1.82) is 0 Å². The van der Waals surface area contributed by atoms with Gasteiger partial charge in [-0.3, -0.25) is 14.7 Å². The molecule has 3 aromatic rings. The number of hydrogen-bond acceptors (Lipinski definition) is 4. The van der Waals surface area contributed by atoms with Gasteiger partial charge in [0.1, 0.15) is 11.9 Å². The summed E-state index contributed by atoms with van der Waals surface area (Å²) in [5, 5.41) is 1.24. The molecule has 1 aromatic heterocycles. The molecule has 5 heteroatoms. The first-order valence-electron chi connectivity index (χ1n) is 11.9. The number of ether oxygens (including phenoxy) is 1. The van der Waals surface area contributed by atoms with Gasteiger partial charge < -0.3 is 9.64 Å². The van der Waals surface area contributed by atoms with Gasteiger partial charge in [0.15, 0.2) is 0 Å². The van der Waals surface area contributed by atoms with Crippen molar-refractivity contribution in [2.75, 3.05) is 26.2 Å². The van der Waals surface area contributed by atoms with Gasteiger partial charge in [0.2, 0.25) is 0 Å². The molecule has 0 spiro atoms. The lowest BCUT2D eigenvalue weighted by Crippen LogP contribution is -2.37. The summed E-state index contributed by atoms with van der Waals surface area (Å²) in [6.45, 7) is 4.75. The van der Waals surface area contributed by atoms with Crippen LogP contribution in [0.2, 0.25) is 0 Å². The lowest BCUT2D eigenvalue weighted by Gasteiger charge is -2.32. The van der Waals surface area contributed by atoms with Crippen LogP contribution in [0.3, 0.4) is 0 Å². The molecule has 2 aromatic carbocycles. The second-order valence-electron chi connectivity index (χ2n) is 8.96. The first kappa shape index (κ1) is 21.0. The van der Waals surface area contributed by atoms with Crippen molar-refractivity contribution in [3.05, 3.63) is 71.9 Å². The molecule has 0 unspecified atom stereocenters. The number of pyridine rings is 1. The van der Waals surface area contributed by atoms with Gasteiger partial charge in [-0.1, -0.05) is 18.2 Å². The highest BCUT2D eigenvalue weighted by Crippen LogP contribution is 2.24. The van der Waals surface area contributed by atoms with Crippen LogP contribution in [0.5, 0.6) is 5.75 Å². The maximum absolute atomic E-state index is 12.6. The average Bonchev–Trinajstić information content (AvgIpc) is 2.86. The lowest BCUT2D eigenvalue weighted by molar-refractivity contribution is 0.0724. The fourth-order valence-corrected chi connectivity index (χ4v) is 4.88. The van der Waals surface area contributed by atoms with E-state index in [4.69, 9.17) is 4.74 Å². The molecule has 1 amide bonds. The van der Waals surface area contributed by atoms with Gasteiger partial charge >= 0.3 is 0 Å². The number of fused-ring (bicyclic) bond motifs is 1. The minimum Gasteiger partial charge on any atom is -0.490 e. The molecule has 0 saturated carbocycles. The molecule has 2 fully saturated rings. The predicted molar refractivity (Wildman–Crippen MR) is 127 cm³/mol. The van der Waals surface area contributed by atoms with E-state index in [1.165, 1.54) is 17.4 Å². The van der Waals surface area contributed by atoms with Crippen molar-refractivity contribution in [1.82, 2.24) is 14.8 Å². The second kappa shape index (κ2) is 9.70. The SMILES string of the molecule is O=C(c1ccc(OC2CCN(Cc3cccc4ncccc34)CC2)cc1)N1CCCCC1. The van der Waals surface area contributed by atoms with Gasteiger partial charge in [-0.15, -0.1) is 0 Å². The monoisotopic (exact) mass is 429 g/mol. The van der Waals surface area contributed by atoms with Gasteiger partial charge in [0, 0.05) is 49.9 Å². The van der Waals surface area contributed by atoms with E-state index < -0.39 is 0 Å². The van der Waals surface area contributed by atoms with Gasteiger partial charge in [-0.25, -0.2) is 0 Å². The quantitative estimate of drug-likeness (QED) is 0.578. The predicted octanol–water partition coefficient (Wildman–Crippen LogP) is 4.90. The summed E-state index contributed by atoms with van der Waals surface area (Å²) in [5.41, 5.74) is 3.16. The van der Waals surface area contributed by atoms with Crippen LogP contribution in [0, 0.1) is 0 Å².